The Morgan fingerprint density at radius 1 is 1.30 bits per heavy atom. The third-order valence-corrected chi connectivity index (χ3v) is 5.04. The largest absolute Gasteiger partial charge is 0.388 e. The summed E-state index contributed by atoms with van der Waals surface area (Å²) in [5.41, 5.74) is 0.945. The van der Waals surface area contributed by atoms with E-state index in [4.69, 9.17) is 11.6 Å². The molecule has 20 heavy (non-hydrogen) atoms. The molecule has 0 fully saturated rings. The van der Waals surface area contributed by atoms with Gasteiger partial charge < -0.3 is 10.0 Å². The number of hydrogen-bond donors (Lipinski definition) is 1. The minimum Gasteiger partial charge on any atom is -0.388 e. The van der Waals surface area contributed by atoms with E-state index in [1.54, 1.807) is 11.3 Å². The molecule has 0 aliphatic carbocycles. The van der Waals surface area contributed by atoms with Gasteiger partial charge in [0.15, 0.2) is 0 Å². The molecule has 1 aromatic heterocycles. The van der Waals surface area contributed by atoms with Crippen molar-refractivity contribution in [1.82, 2.24) is 4.90 Å². The highest BCUT2D eigenvalue weighted by molar-refractivity contribution is 9.10. The molecule has 2 nitrogen and oxygen atoms in total. The van der Waals surface area contributed by atoms with Gasteiger partial charge >= 0.3 is 0 Å². The molecule has 2 rings (SSSR count). The van der Waals surface area contributed by atoms with Gasteiger partial charge in [0.2, 0.25) is 0 Å². The molecule has 1 heterocycles. The van der Waals surface area contributed by atoms with Gasteiger partial charge in [0.05, 0.1) is 10.4 Å². The Morgan fingerprint density at radius 2 is 2.05 bits per heavy atom. The van der Waals surface area contributed by atoms with Crippen molar-refractivity contribution >= 4 is 38.9 Å². The lowest BCUT2D eigenvalue weighted by Gasteiger charge is -2.19. The number of thiophene rings is 1. The topological polar surface area (TPSA) is 23.5 Å². The predicted molar refractivity (Wildman–Crippen MR) is 89.4 cm³/mol. The lowest BCUT2D eigenvalue weighted by atomic mass is 10.1. The molecule has 108 valence electrons. The van der Waals surface area contributed by atoms with E-state index in [1.165, 1.54) is 4.88 Å². The normalized spacial score (nSPS) is 12.8. The molecule has 5 heteroatoms. The summed E-state index contributed by atoms with van der Waals surface area (Å²) in [7, 11) is 2.06. The Labute approximate surface area is 137 Å². The quantitative estimate of drug-likeness (QED) is 0.791. The van der Waals surface area contributed by atoms with Gasteiger partial charge in [-0.25, -0.2) is 0 Å². The minimum atomic E-state index is -0.444. The van der Waals surface area contributed by atoms with Crippen LogP contribution in [0.15, 0.2) is 40.9 Å². The van der Waals surface area contributed by atoms with E-state index in [0.29, 0.717) is 6.42 Å². The van der Waals surface area contributed by atoms with Crippen molar-refractivity contribution in [3.05, 3.63) is 55.6 Å². The zero-order valence-electron chi connectivity index (χ0n) is 11.2. The van der Waals surface area contributed by atoms with Crippen LogP contribution in [0.1, 0.15) is 23.0 Å². The molecular formula is C15H17BrClNOS. The van der Waals surface area contributed by atoms with Crippen LogP contribution in [0.2, 0.25) is 4.34 Å². The van der Waals surface area contributed by atoms with Crippen molar-refractivity contribution < 1.29 is 5.11 Å². The summed E-state index contributed by atoms with van der Waals surface area (Å²) in [4.78, 5) is 3.44. The lowest BCUT2D eigenvalue weighted by Crippen LogP contribution is -2.20. The van der Waals surface area contributed by atoms with Gasteiger partial charge in [-0.15, -0.1) is 11.3 Å². The highest BCUT2D eigenvalue weighted by atomic mass is 79.9. The SMILES string of the molecule is CN(CCC(O)c1ccccc1Br)Cc1ccc(Cl)s1. The fraction of sp³-hybridized carbons (Fsp3) is 0.333. The number of aliphatic hydroxyl groups excluding tert-OH is 1. The molecule has 0 spiro atoms. The molecule has 0 aliphatic heterocycles. The summed E-state index contributed by atoms with van der Waals surface area (Å²) in [5.74, 6) is 0. The number of hydrogen-bond acceptors (Lipinski definition) is 3. The Kier molecular flexibility index (Phi) is 6.05. The first-order chi connectivity index (χ1) is 9.56. The highest BCUT2D eigenvalue weighted by Gasteiger charge is 2.12. The van der Waals surface area contributed by atoms with Crippen LogP contribution in [-0.2, 0) is 6.54 Å². The van der Waals surface area contributed by atoms with E-state index in [2.05, 4.69) is 27.9 Å². The summed E-state index contributed by atoms with van der Waals surface area (Å²) >= 11 is 11.0. The van der Waals surface area contributed by atoms with Gasteiger partial charge in [0.1, 0.15) is 0 Å². The third-order valence-electron chi connectivity index (χ3n) is 3.10. The van der Waals surface area contributed by atoms with Gasteiger partial charge in [-0.05, 0) is 37.2 Å². The minimum absolute atomic E-state index is 0.444. The molecule has 0 radical (unpaired) electrons. The average molecular weight is 375 g/mol. The summed E-state index contributed by atoms with van der Waals surface area (Å²) in [6, 6.07) is 11.8. The molecular weight excluding hydrogens is 358 g/mol. The number of nitrogens with zero attached hydrogens (tertiary/aromatic N) is 1. The van der Waals surface area contributed by atoms with Gasteiger partial charge in [0, 0.05) is 22.4 Å². The maximum absolute atomic E-state index is 10.2. The van der Waals surface area contributed by atoms with Crippen LogP contribution in [0, 0.1) is 0 Å². The van der Waals surface area contributed by atoms with Crippen LogP contribution in [0.5, 0.6) is 0 Å². The second-order valence-corrected chi connectivity index (χ2v) is 7.42. The van der Waals surface area contributed by atoms with Crippen molar-refractivity contribution in [3.8, 4) is 0 Å². The summed E-state index contributed by atoms with van der Waals surface area (Å²) in [6.07, 6.45) is 0.262. The summed E-state index contributed by atoms with van der Waals surface area (Å²) in [6.45, 7) is 1.69. The van der Waals surface area contributed by atoms with Crippen molar-refractivity contribution in [1.29, 1.82) is 0 Å². The van der Waals surface area contributed by atoms with Crippen molar-refractivity contribution in [3.63, 3.8) is 0 Å². The Bertz CT molecular complexity index is 560. The number of aliphatic hydroxyl groups is 1. The van der Waals surface area contributed by atoms with Gasteiger partial charge in [-0.2, -0.15) is 0 Å². The predicted octanol–water partition coefficient (Wildman–Crippen LogP) is 4.72. The standard InChI is InChI=1S/C15H17BrClNOS/c1-18(10-11-6-7-15(17)20-11)9-8-14(19)12-4-2-3-5-13(12)16/h2-7,14,19H,8-10H2,1H3. The van der Waals surface area contributed by atoms with E-state index >= 15 is 0 Å². The van der Waals surface area contributed by atoms with Gasteiger partial charge in [-0.1, -0.05) is 45.7 Å². The van der Waals surface area contributed by atoms with Crippen molar-refractivity contribution in [2.45, 2.75) is 19.1 Å². The zero-order chi connectivity index (χ0) is 14.5. The fourth-order valence-electron chi connectivity index (χ4n) is 2.03. The monoisotopic (exact) mass is 373 g/mol. The molecule has 0 aliphatic rings. The fourth-order valence-corrected chi connectivity index (χ4v) is 3.74. The number of halogens is 2. The first-order valence-electron chi connectivity index (χ1n) is 6.41. The summed E-state index contributed by atoms with van der Waals surface area (Å²) < 4.78 is 1.78. The average Bonchev–Trinajstić information content (AvgIpc) is 2.82. The van der Waals surface area contributed by atoms with Crippen LogP contribution >= 0.6 is 38.9 Å². The van der Waals surface area contributed by atoms with Crippen molar-refractivity contribution in [2.75, 3.05) is 13.6 Å². The Morgan fingerprint density at radius 3 is 2.70 bits per heavy atom. The van der Waals surface area contributed by atoms with Crippen LogP contribution < -0.4 is 0 Å². The second-order valence-electron chi connectivity index (χ2n) is 4.77. The van der Waals surface area contributed by atoms with E-state index in [1.807, 2.05) is 36.4 Å². The number of rotatable bonds is 6. The Balaban J connectivity index is 1.84. The zero-order valence-corrected chi connectivity index (χ0v) is 14.4. The van der Waals surface area contributed by atoms with Gasteiger partial charge in [0.25, 0.3) is 0 Å². The molecule has 1 aromatic carbocycles. The summed E-state index contributed by atoms with van der Waals surface area (Å²) in [5, 5.41) is 10.2. The van der Waals surface area contributed by atoms with Crippen LogP contribution in [0.25, 0.3) is 0 Å². The maximum Gasteiger partial charge on any atom is 0.0931 e. The molecule has 1 atom stereocenters. The molecule has 1 unspecified atom stereocenters. The van der Waals surface area contributed by atoms with Crippen LogP contribution in [0.3, 0.4) is 0 Å². The lowest BCUT2D eigenvalue weighted by molar-refractivity contribution is 0.147. The molecule has 2 aromatic rings. The highest BCUT2D eigenvalue weighted by Crippen LogP contribution is 2.26. The molecule has 0 bridgehead atoms. The first kappa shape index (κ1) is 16.0. The van der Waals surface area contributed by atoms with E-state index in [9.17, 15) is 5.11 Å². The first-order valence-corrected chi connectivity index (χ1v) is 8.40. The van der Waals surface area contributed by atoms with Crippen LogP contribution in [0.4, 0.5) is 0 Å². The van der Waals surface area contributed by atoms with Gasteiger partial charge in [-0.3, -0.25) is 0 Å². The second kappa shape index (κ2) is 7.57. The molecule has 0 saturated carbocycles. The van der Waals surface area contributed by atoms with Crippen molar-refractivity contribution in [2.24, 2.45) is 0 Å². The Hall–Kier alpha value is -0.390. The smallest absolute Gasteiger partial charge is 0.0931 e. The van der Waals surface area contributed by atoms with E-state index < -0.39 is 6.10 Å². The molecule has 0 saturated heterocycles. The van der Waals surface area contributed by atoms with Crippen LogP contribution in [-0.4, -0.2) is 23.6 Å². The third kappa shape index (κ3) is 4.57. The molecule has 0 amide bonds. The molecule has 1 N–H and O–H groups in total. The van der Waals surface area contributed by atoms with E-state index in [-0.39, 0.29) is 0 Å². The van der Waals surface area contributed by atoms with E-state index in [0.717, 1.165) is 27.5 Å². The maximum atomic E-state index is 10.2. The number of benzene rings is 1.